The Balaban J connectivity index is 2.70. The Kier molecular flexibility index (Phi) is 4.68. The molecule has 0 heterocycles. The summed E-state index contributed by atoms with van der Waals surface area (Å²) in [5.41, 5.74) is 1.62. The topological polar surface area (TPSA) is 64.3 Å². The number of rotatable bonds is 5. The van der Waals surface area contributed by atoms with E-state index in [9.17, 15) is 4.79 Å². The van der Waals surface area contributed by atoms with Gasteiger partial charge in [-0.2, -0.15) is 5.26 Å². The predicted molar refractivity (Wildman–Crippen MR) is 64.3 cm³/mol. The molecule has 4 nitrogen and oxygen atoms in total. The summed E-state index contributed by atoms with van der Waals surface area (Å²) in [5, 5.41) is 17.7. The summed E-state index contributed by atoms with van der Waals surface area (Å²) in [7, 11) is 1.79. The standard InChI is InChI=1S/C13H16N2O2/c1-3-12(13(16)17)15(2)9-11-6-4-10(8-14)5-7-11/h4-7,12H,3,9H2,1-2H3,(H,16,17). The van der Waals surface area contributed by atoms with Crippen LogP contribution in [-0.4, -0.2) is 29.1 Å². The van der Waals surface area contributed by atoms with Gasteiger partial charge in [0.25, 0.3) is 0 Å². The maximum atomic E-state index is 11.0. The van der Waals surface area contributed by atoms with Gasteiger partial charge in [0.05, 0.1) is 11.6 Å². The molecule has 0 aliphatic rings. The van der Waals surface area contributed by atoms with E-state index in [0.717, 1.165) is 5.56 Å². The molecule has 0 aliphatic carbocycles. The van der Waals surface area contributed by atoms with Crippen molar-refractivity contribution in [2.45, 2.75) is 25.9 Å². The highest BCUT2D eigenvalue weighted by atomic mass is 16.4. The van der Waals surface area contributed by atoms with Crippen LogP contribution in [-0.2, 0) is 11.3 Å². The van der Waals surface area contributed by atoms with Gasteiger partial charge in [0.2, 0.25) is 0 Å². The van der Waals surface area contributed by atoms with E-state index in [0.29, 0.717) is 18.5 Å². The lowest BCUT2D eigenvalue weighted by atomic mass is 10.1. The van der Waals surface area contributed by atoms with E-state index < -0.39 is 12.0 Å². The minimum absolute atomic E-state index is 0.467. The third-order valence-electron chi connectivity index (χ3n) is 2.72. The smallest absolute Gasteiger partial charge is 0.320 e. The Bertz CT molecular complexity index is 420. The van der Waals surface area contributed by atoms with E-state index >= 15 is 0 Å². The predicted octanol–water partition coefficient (Wildman–Crippen LogP) is 1.85. The average Bonchev–Trinajstić information content (AvgIpc) is 2.30. The molecular formula is C13H16N2O2. The summed E-state index contributed by atoms with van der Waals surface area (Å²) >= 11 is 0. The number of carbonyl (C=O) groups is 1. The first-order valence-corrected chi connectivity index (χ1v) is 5.50. The Labute approximate surface area is 101 Å². The van der Waals surface area contributed by atoms with Crippen LogP contribution in [0, 0.1) is 11.3 Å². The number of aliphatic carboxylic acids is 1. The van der Waals surface area contributed by atoms with Crippen LogP contribution in [0.5, 0.6) is 0 Å². The minimum atomic E-state index is -0.802. The van der Waals surface area contributed by atoms with Crippen molar-refractivity contribution in [2.24, 2.45) is 0 Å². The number of carboxylic acid groups (broad SMARTS) is 1. The van der Waals surface area contributed by atoms with Gasteiger partial charge in [-0.05, 0) is 31.2 Å². The molecule has 1 atom stereocenters. The van der Waals surface area contributed by atoms with Crippen molar-refractivity contribution < 1.29 is 9.90 Å². The molecule has 0 aromatic heterocycles. The van der Waals surface area contributed by atoms with Crippen molar-refractivity contribution in [1.82, 2.24) is 4.90 Å². The normalized spacial score (nSPS) is 12.1. The van der Waals surface area contributed by atoms with Gasteiger partial charge < -0.3 is 5.11 Å². The van der Waals surface area contributed by atoms with E-state index in [4.69, 9.17) is 10.4 Å². The minimum Gasteiger partial charge on any atom is -0.480 e. The first kappa shape index (κ1) is 13.2. The maximum absolute atomic E-state index is 11.0. The molecule has 90 valence electrons. The number of carboxylic acids is 1. The third kappa shape index (κ3) is 3.58. The highest BCUT2D eigenvalue weighted by Gasteiger charge is 2.20. The third-order valence-corrected chi connectivity index (χ3v) is 2.72. The number of hydrogen-bond donors (Lipinski definition) is 1. The Morgan fingerprint density at radius 1 is 1.47 bits per heavy atom. The summed E-state index contributed by atoms with van der Waals surface area (Å²) < 4.78 is 0. The molecule has 0 radical (unpaired) electrons. The summed E-state index contributed by atoms with van der Waals surface area (Å²) in [5.74, 6) is -0.802. The molecule has 1 rings (SSSR count). The zero-order valence-corrected chi connectivity index (χ0v) is 10.1. The quantitative estimate of drug-likeness (QED) is 0.841. The van der Waals surface area contributed by atoms with Gasteiger partial charge in [0, 0.05) is 6.54 Å². The SMILES string of the molecule is CCC(C(=O)O)N(C)Cc1ccc(C#N)cc1. The van der Waals surface area contributed by atoms with E-state index in [1.807, 2.05) is 19.1 Å². The number of nitriles is 1. The van der Waals surface area contributed by atoms with E-state index in [1.165, 1.54) is 0 Å². The molecule has 4 heteroatoms. The Morgan fingerprint density at radius 3 is 2.47 bits per heavy atom. The lowest BCUT2D eigenvalue weighted by Gasteiger charge is -2.23. The van der Waals surface area contributed by atoms with Gasteiger partial charge in [-0.15, -0.1) is 0 Å². The maximum Gasteiger partial charge on any atom is 0.320 e. The second-order valence-electron chi connectivity index (χ2n) is 3.99. The van der Waals surface area contributed by atoms with Crippen LogP contribution in [0.2, 0.25) is 0 Å². The zero-order valence-electron chi connectivity index (χ0n) is 10.1. The average molecular weight is 232 g/mol. The van der Waals surface area contributed by atoms with Crippen molar-refractivity contribution in [3.63, 3.8) is 0 Å². The second-order valence-corrected chi connectivity index (χ2v) is 3.99. The van der Waals surface area contributed by atoms with Crippen molar-refractivity contribution >= 4 is 5.97 Å². The van der Waals surface area contributed by atoms with Gasteiger partial charge in [-0.3, -0.25) is 9.69 Å². The van der Waals surface area contributed by atoms with Gasteiger partial charge >= 0.3 is 5.97 Å². The number of hydrogen-bond acceptors (Lipinski definition) is 3. The van der Waals surface area contributed by atoms with Gasteiger partial charge in [0.1, 0.15) is 6.04 Å². The molecule has 0 bridgehead atoms. The van der Waals surface area contributed by atoms with E-state index in [2.05, 4.69) is 6.07 Å². The number of likely N-dealkylation sites (N-methyl/N-ethyl adjacent to an activating group) is 1. The van der Waals surface area contributed by atoms with Crippen molar-refractivity contribution in [3.8, 4) is 6.07 Å². The molecular weight excluding hydrogens is 216 g/mol. The summed E-state index contributed by atoms with van der Waals surface area (Å²) in [6, 6.07) is 8.77. The van der Waals surface area contributed by atoms with E-state index in [1.54, 1.807) is 24.1 Å². The van der Waals surface area contributed by atoms with Gasteiger partial charge in [0.15, 0.2) is 0 Å². The lowest BCUT2D eigenvalue weighted by molar-refractivity contribution is -0.143. The van der Waals surface area contributed by atoms with Crippen molar-refractivity contribution in [3.05, 3.63) is 35.4 Å². The van der Waals surface area contributed by atoms with Crippen LogP contribution >= 0.6 is 0 Å². The van der Waals surface area contributed by atoms with Crippen LogP contribution < -0.4 is 0 Å². The lowest BCUT2D eigenvalue weighted by Crippen LogP contribution is -2.37. The largest absolute Gasteiger partial charge is 0.480 e. The number of benzene rings is 1. The van der Waals surface area contributed by atoms with Crippen LogP contribution in [0.4, 0.5) is 0 Å². The molecule has 0 aliphatic heterocycles. The molecule has 0 fully saturated rings. The second kappa shape index (κ2) is 6.02. The van der Waals surface area contributed by atoms with Crippen LogP contribution in [0.15, 0.2) is 24.3 Å². The highest BCUT2D eigenvalue weighted by Crippen LogP contribution is 2.10. The Morgan fingerprint density at radius 2 is 2.06 bits per heavy atom. The van der Waals surface area contributed by atoms with Crippen molar-refractivity contribution in [2.75, 3.05) is 7.05 Å². The Hall–Kier alpha value is -1.86. The van der Waals surface area contributed by atoms with Crippen molar-refractivity contribution in [1.29, 1.82) is 5.26 Å². The molecule has 1 aromatic rings. The molecule has 1 aromatic carbocycles. The monoisotopic (exact) mass is 232 g/mol. The van der Waals surface area contributed by atoms with Crippen LogP contribution in [0.3, 0.4) is 0 Å². The van der Waals surface area contributed by atoms with Gasteiger partial charge in [-0.1, -0.05) is 19.1 Å². The van der Waals surface area contributed by atoms with Crippen LogP contribution in [0.25, 0.3) is 0 Å². The fourth-order valence-corrected chi connectivity index (χ4v) is 1.76. The number of nitrogens with zero attached hydrogens (tertiary/aromatic N) is 2. The highest BCUT2D eigenvalue weighted by molar-refractivity contribution is 5.73. The molecule has 0 amide bonds. The fourth-order valence-electron chi connectivity index (χ4n) is 1.76. The summed E-state index contributed by atoms with van der Waals surface area (Å²) in [6.07, 6.45) is 0.572. The summed E-state index contributed by atoms with van der Waals surface area (Å²) in [6.45, 7) is 2.42. The van der Waals surface area contributed by atoms with Crippen LogP contribution in [0.1, 0.15) is 24.5 Å². The van der Waals surface area contributed by atoms with Gasteiger partial charge in [-0.25, -0.2) is 0 Å². The molecule has 0 spiro atoms. The molecule has 1 N–H and O–H groups in total. The molecule has 1 unspecified atom stereocenters. The first-order valence-electron chi connectivity index (χ1n) is 5.50. The molecule has 0 saturated heterocycles. The zero-order chi connectivity index (χ0) is 12.8. The molecule has 0 saturated carbocycles. The first-order chi connectivity index (χ1) is 8.08. The van der Waals surface area contributed by atoms with E-state index in [-0.39, 0.29) is 0 Å². The fraction of sp³-hybridized carbons (Fsp3) is 0.385. The summed E-state index contributed by atoms with van der Waals surface area (Å²) in [4.78, 5) is 12.8. The molecule has 17 heavy (non-hydrogen) atoms.